The number of para-hydroxylation sites is 1. The van der Waals surface area contributed by atoms with Gasteiger partial charge in [-0.25, -0.2) is 4.39 Å². The number of nitrogens with one attached hydrogen (secondary N) is 3. The molecule has 7 nitrogen and oxygen atoms in total. The molecule has 1 aromatic heterocycles. The Morgan fingerprint density at radius 3 is 2.27 bits per heavy atom. The van der Waals surface area contributed by atoms with Gasteiger partial charge in [0.15, 0.2) is 0 Å². The smallest absolute Gasteiger partial charge is 0.251 e. The quantitative estimate of drug-likeness (QED) is 0.350. The minimum atomic E-state index is -0.919. The standard InChI is InChI=1S/C25H21FN4O3/c26-18-9-5-16(6-10-18)24(32)30-22(13-17-14-28-21-4-2-1-3-20(17)21)25(33)29-19-11-7-15(8-12-19)23(27)31/h1-12,14,22,28H,13H2,(H2,27,31)(H,29,33)(H,30,32)/t22-/m0/s1. The molecule has 1 atom stereocenters. The summed E-state index contributed by atoms with van der Waals surface area (Å²) in [6, 6.07) is 17.9. The van der Waals surface area contributed by atoms with E-state index in [2.05, 4.69) is 15.6 Å². The van der Waals surface area contributed by atoms with Crippen LogP contribution in [0.3, 0.4) is 0 Å². The van der Waals surface area contributed by atoms with Crippen molar-refractivity contribution in [3.8, 4) is 0 Å². The summed E-state index contributed by atoms with van der Waals surface area (Å²) in [5, 5.41) is 6.44. The van der Waals surface area contributed by atoms with Crippen molar-refractivity contribution in [3.63, 3.8) is 0 Å². The van der Waals surface area contributed by atoms with Gasteiger partial charge in [-0.15, -0.1) is 0 Å². The Balaban J connectivity index is 1.58. The number of H-pyrrole nitrogens is 1. The van der Waals surface area contributed by atoms with Crippen molar-refractivity contribution in [1.29, 1.82) is 0 Å². The number of halogens is 1. The van der Waals surface area contributed by atoms with E-state index in [1.165, 1.54) is 36.4 Å². The number of hydrogen-bond acceptors (Lipinski definition) is 3. The fraction of sp³-hybridized carbons (Fsp3) is 0.0800. The van der Waals surface area contributed by atoms with Crippen molar-refractivity contribution in [2.24, 2.45) is 5.73 Å². The summed E-state index contributed by atoms with van der Waals surface area (Å²) >= 11 is 0. The highest BCUT2D eigenvalue weighted by atomic mass is 19.1. The molecular weight excluding hydrogens is 423 g/mol. The lowest BCUT2D eigenvalue weighted by Crippen LogP contribution is -2.45. The number of carbonyl (C=O) groups is 3. The van der Waals surface area contributed by atoms with Gasteiger partial charge in [-0.1, -0.05) is 18.2 Å². The van der Waals surface area contributed by atoms with E-state index in [0.29, 0.717) is 11.3 Å². The molecule has 0 aliphatic carbocycles. The van der Waals surface area contributed by atoms with E-state index in [1.54, 1.807) is 18.3 Å². The van der Waals surface area contributed by atoms with Gasteiger partial charge in [0, 0.05) is 40.3 Å². The summed E-state index contributed by atoms with van der Waals surface area (Å²) in [6.45, 7) is 0. The SMILES string of the molecule is NC(=O)c1ccc(NC(=O)[C@H](Cc2c[nH]c3ccccc23)NC(=O)c2ccc(F)cc2)cc1. The Morgan fingerprint density at radius 1 is 0.909 bits per heavy atom. The maximum Gasteiger partial charge on any atom is 0.251 e. The van der Waals surface area contributed by atoms with Crippen LogP contribution in [0.2, 0.25) is 0 Å². The number of fused-ring (bicyclic) bond motifs is 1. The Hall–Kier alpha value is -4.46. The zero-order valence-corrected chi connectivity index (χ0v) is 17.5. The normalized spacial score (nSPS) is 11.7. The molecule has 8 heteroatoms. The molecule has 0 bridgehead atoms. The summed E-state index contributed by atoms with van der Waals surface area (Å²) in [6.07, 6.45) is 2.03. The van der Waals surface area contributed by atoms with Gasteiger partial charge in [0.1, 0.15) is 11.9 Å². The third-order valence-corrected chi connectivity index (χ3v) is 5.26. The van der Waals surface area contributed by atoms with Crippen molar-refractivity contribution in [2.45, 2.75) is 12.5 Å². The van der Waals surface area contributed by atoms with E-state index in [0.717, 1.165) is 16.5 Å². The van der Waals surface area contributed by atoms with Crippen LogP contribution in [0.25, 0.3) is 10.9 Å². The van der Waals surface area contributed by atoms with E-state index in [9.17, 15) is 18.8 Å². The maximum absolute atomic E-state index is 13.2. The zero-order valence-electron chi connectivity index (χ0n) is 17.5. The first kappa shape index (κ1) is 21.8. The Morgan fingerprint density at radius 2 is 1.58 bits per heavy atom. The summed E-state index contributed by atoms with van der Waals surface area (Å²) in [4.78, 5) is 40.3. The van der Waals surface area contributed by atoms with Gasteiger partial charge in [-0.2, -0.15) is 0 Å². The van der Waals surface area contributed by atoms with Crippen LogP contribution in [0.1, 0.15) is 26.3 Å². The molecule has 5 N–H and O–H groups in total. The van der Waals surface area contributed by atoms with Crippen LogP contribution in [0.4, 0.5) is 10.1 Å². The Kier molecular flexibility index (Phi) is 6.17. The predicted molar refractivity (Wildman–Crippen MR) is 123 cm³/mol. The molecule has 0 aliphatic rings. The van der Waals surface area contributed by atoms with Gasteiger partial charge in [-0.05, 0) is 60.2 Å². The lowest BCUT2D eigenvalue weighted by molar-refractivity contribution is -0.118. The third kappa shape index (κ3) is 5.07. The molecule has 0 saturated carbocycles. The second-order valence-electron chi connectivity index (χ2n) is 7.53. The average Bonchev–Trinajstić information content (AvgIpc) is 3.22. The largest absolute Gasteiger partial charge is 0.366 e. The lowest BCUT2D eigenvalue weighted by atomic mass is 10.0. The number of primary amides is 1. The minimum Gasteiger partial charge on any atom is -0.366 e. The van der Waals surface area contributed by atoms with Gasteiger partial charge in [0.05, 0.1) is 0 Å². The number of benzene rings is 3. The van der Waals surface area contributed by atoms with Gasteiger partial charge < -0.3 is 21.4 Å². The highest BCUT2D eigenvalue weighted by Crippen LogP contribution is 2.20. The fourth-order valence-corrected chi connectivity index (χ4v) is 3.52. The summed E-state index contributed by atoms with van der Waals surface area (Å²) in [7, 11) is 0. The summed E-state index contributed by atoms with van der Waals surface area (Å²) < 4.78 is 13.2. The maximum atomic E-state index is 13.2. The molecule has 4 rings (SSSR count). The topological polar surface area (TPSA) is 117 Å². The summed E-state index contributed by atoms with van der Waals surface area (Å²) in [5.41, 5.74) is 8.02. The molecular formula is C25H21FN4O3. The third-order valence-electron chi connectivity index (χ3n) is 5.26. The molecule has 0 aliphatic heterocycles. The van der Waals surface area contributed by atoms with Crippen LogP contribution in [0, 0.1) is 5.82 Å². The molecule has 0 saturated heterocycles. The monoisotopic (exact) mass is 444 g/mol. The van der Waals surface area contributed by atoms with Crippen molar-refractivity contribution < 1.29 is 18.8 Å². The molecule has 0 spiro atoms. The number of hydrogen-bond donors (Lipinski definition) is 4. The first-order valence-corrected chi connectivity index (χ1v) is 10.2. The van der Waals surface area contributed by atoms with Gasteiger partial charge in [-0.3, -0.25) is 14.4 Å². The first-order valence-electron chi connectivity index (χ1n) is 10.2. The molecule has 0 radical (unpaired) electrons. The molecule has 166 valence electrons. The fourth-order valence-electron chi connectivity index (χ4n) is 3.52. The van der Waals surface area contributed by atoms with E-state index in [1.807, 2.05) is 24.3 Å². The van der Waals surface area contributed by atoms with Crippen molar-refractivity contribution >= 4 is 34.3 Å². The van der Waals surface area contributed by atoms with E-state index in [-0.39, 0.29) is 12.0 Å². The Labute approximate surface area is 188 Å². The number of rotatable bonds is 7. The number of aromatic amines is 1. The van der Waals surface area contributed by atoms with Gasteiger partial charge >= 0.3 is 0 Å². The van der Waals surface area contributed by atoms with Crippen LogP contribution in [0.5, 0.6) is 0 Å². The second-order valence-corrected chi connectivity index (χ2v) is 7.53. The number of amides is 3. The van der Waals surface area contributed by atoms with E-state index in [4.69, 9.17) is 5.73 Å². The molecule has 4 aromatic rings. The van der Waals surface area contributed by atoms with Crippen molar-refractivity contribution in [3.05, 3.63) is 102 Å². The molecule has 3 amide bonds. The first-order chi connectivity index (χ1) is 15.9. The summed E-state index contributed by atoms with van der Waals surface area (Å²) in [5.74, 6) is -1.97. The lowest BCUT2D eigenvalue weighted by Gasteiger charge is -2.19. The van der Waals surface area contributed by atoms with Crippen LogP contribution in [-0.4, -0.2) is 28.7 Å². The van der Waals surface area contributed by atoms with E-state index < -0.39 is 29.6 Å². The number of anilines is 1. The van der Waals surface area contributed by atoms with Gasteiger partial charge in [0.2, 0.25) is 11.8 Å². The van der Waals surface area contributed by atoms with Crippen LogP contribution in [0.15, 0.2) is 79.0 Å². The van der Waals surface area contributed by atoms with Crippen LogP contribution >= 0.6 is 0 Å². The second kappa shape index (κ2) is 9.35. The number of carbonyl (C=O) groups excluding carboxylic acids is 3. The molecule has 33 heavy (non-hydrogen) atoms. The highest BCUT2D eigenvalue weighted by Gasteiger charge is 2.23. The minimum absolute atomic E-state index is 0.224. The van der Waals surface area contributed by atoms with Crippen LogP contribution in [-0.2, 0) is 11.2 Å². The predicted octanol–water partition coefficient (Wildman–Crippen LogP) is 3.39. The molecule has 1 heterocycles. The van der Waals surface area contributed by atoms with Crippen molar-refractivity contribution in [2.75, 3.05) is 5.32 Å². The molecule has 0 unspecified atom stereocenters. The molecule has 0 fully saturated rings. The van der Waals surface area contributed by atoms with Gasteiger partial charge in [0.25, 0.3) is 5.91 Å². The van der Waals surface area contributed by atoms with Crippen LogP contribution < -0.4 is 16.4 Å². The van der Waals surface area contributed by atoms with E-state index >= 15 is 0 Å². The number of aromatic nitrogens is 1. The number of nitrogens with two attached hydrogens (primary N) is 1. The highest BCUT2D eigenvalue weighted by molar-refractivity contribution is 6.02. The zero-order chi connectivity index (χ0) is 23.4. The van der Waals surface area contributed by atoms with Crippen molar-refractivity contribution in [1.82, 2.24) is 10.3 Å². The molecule has 3 aromatic carbocycles. The Bertz CT molecular complexity index is 1310. The average molecular weight is 444 g/mol.